The Morgan fingerprint density at radius 1 is 1.04 bits per heavy atom. The van der Waals surface area contributed by atoms with Crippen LogP contribution in [0.25, 0.3) is 10.9 Å². The number of phenolic OH excluding ortho intramolecular Hbond substituents is 2. The summed E-state index contributed by atoms with van der Waals surface area (Å²) in [4.78, 5) is 4.48. The predicted octanol–water partition coefficient (Wildman–Crippen LogP) is 3.96. The van der Waals surface area contributed by atoms with Crippen LogP contribution in [-0.2, 0) is 6.42 Å². The van der Waals surface area contributed by atoms with Gasteiger partial charge in [0, 0.05) is 17.5 Å². The lowest BCUT2D eigenvalue weighted by molar-refractivity contribution is 0.400. The van der Waals surface area contributed by atoms with Gasteiger partial charge in [0.25, 0.3) is 0 Å². The molecular weight excluding hydrogens is 347 g/mol. The summed E-state index contributed by atoms with van der Waals surface area (Å²) in [6, 6.07) is 12.9. The van der Waals surface area contributed by atoms with E-state index in [1.54, 1.807) is 12.1 Å². The minimum absolute atomic E-state index is 0. The number of hydrogen-bond acceptors (Lipinski definition) is 4. The predicted molar refractivity (Wildman–Crippen MR) is 97.3 cm³/mol. The second-order valence-corrected chi connectivity index (χ2v) is 6.10. The van der Waals surface area contributed by atoms with Crippen LogP contribution in [0.2, 0.25) is 5.15 Å². The van der Waals surface area contributed by atoms with Gasteiger partial charge in [0.2, 0.25) is 0 Å². The molecule has 0 radical (unpaired) electrons. The zero-order chi connectivity index (χ0) is 16.0. The third-order valence-corrected chi connectivity index (χ3v) is 4.61. The molecule has 1 aliphatic heterocycles. The highest BCUT2D eigenvalue weighted by Gasteiger charge is 2.25. The number of hydrogen-bond donors (Lipinski definition) is 3. The van der Waals surface area contributed by atoms with Crippen molar-refractivity contribution in [2.45, 2.75) is 12.5 Å². The molecule has 0 aliphatic carbocycles. The first-order chi connectivity index (χ1) is 11.1. The standard InChI is InChI=1S/C18H15ClN2O2.ClH/c19-18-13(7-11-3-1-2-4-14(11)21-18)17-12-9-16(23)15(22)8-10(12)5-6-20-17;/h1-4,7-9,17,20,22-23H,5-6H2;1H. The molecular formula is C18H16Cl2N2O2. The third-order valence-electron chi connectivity index (χ3n) is 4.31. The van der Waals surface area contributed by atoms with Gasteiger partial charge in [-0.1, -0.05) is 29.8 Å². The van der Waals surface area contributed by atoms with Crippen molar-refractivity contribution < 1.29 is 10.2 Å². The van der Waals surface area contributed by atoms with E-state index in [0.29, 0.717) is 5.15 Å². The van der Waals surface area contributed by atoms with Crippen molar-refractivity contribution in [3.63, 3.8) is 0 Å². The van der Waals surface area contributed by atoms with Crippen molar-refractivity contribution in [1.82, 2.24) is 10.3 Å². The molecule has 3 N–H and O–H groups in total. The van der Waals surface area contributed by atoms with Gasteiger partial charge in [-0.2, -0.15) is 0 Å². The minimum Gasteiger partial charge on any atom is -0.504 e. The number of para-hydroxylation sites is 1. The Bertz CT molecular complexity index is 915. The maximum absolute atomic E-state index is 9.85. The Morgan fingerprint density at radius 2 is 1.79 bits per heavy atom. The lowest BCUT2D eigenvalue weighted by Gasteiger charge is -2.28. The van der Waals surface area contributed by atoms with Gasteiger partial charge < -0.3 is 15.5 Å². The zero-order valence-electron chi connectivity index (χ0n) is 12.7. The lowest BCUT2D eigenvalue weighted by Crippen LogP contribution is -2.30. The zero-order valence-corrected chi connectivity index (χ0v) is 14.2. The number of nitrogens with one attached hydrogen (secondary N) is 1. The van der Waals surface area contributed by atoms with Crippen molar-refractivity contribution in [2.24, 2.45) is 0 Å². The molecule has 24 heavy (non-hydrogen) atoms. The number of halogens is 2. The molecule has 1 atom stereocenters. The number of phenols is 2. The summed E-state index contributed by atoms with van der Waals surface area (Å²) >= 11 is 6.41. The summed E-state index contributed by atoms with van der Waals surface area (Å²) in [5, 5.41) is 24.5. The number of aromatic hydroxyl groups is 2. The number of benzene rings is 2. The monoisotopic (exact) mass is 362 g/mol. The Labute approximate surface area is 150 Å². The number of rotatable bonds is 1. The molecule has 2 aromatic carbocycles. The summed E-state index contributed by atoms with van der Waals surface area (Å²) in [6.45, 7) is 0.769. The molecule has 6 heteroatoms. The summed E-state index contributed by atoms with van der Waals surface area (Å²) in [7, 11) is 0. The van der Waals surface area contributed by atoms with Crippen molar-refractivity contribution in [3.05, 3.63) is 64.3 Å². The first-order valence-electron chi connectivity index (χ1n) is 7.47. The van der Waals surface area contributed by atoms with Gasteiger partial charge in [0.15, 0.2) is 11.5 Å². The number of pyridine rings is 1. The topological polar surface area (TPSA) is 65.4 Å². The van der Waals surface area contributed by atoms with E-state index in [-0.39, 0.29) is 29.9 Å². The summed E-state index contributed by atoms with van der Waals surface area (Å²) in [5.41, 5.74) is 3.65. The summed E-state index contributed by atoms with van der Waals surface area (Å²) in [5.74, 6) is -0.213. The molecule has 4 nitrogen and oxygen atoms in total. The van der Waals surface area contributed by atoms with Gasteiger partial charge in [-0.25, -0.2) is 4.98 Å². The van der Waals surface area contributed by atoms with Gasteiger partial charge in [-0.15, -0.1) is 12.4 Å². The Morgan fingerprint density at radius 3 is 2.62 bits per heavy atom. The Hall–Kier alpha value is -2.01. The quantitative estimate of drug-likeness (QED) is 0.452. The van der Waals surface area contributed by atoms with Crippen LogP contribution >= 0.6 is 24.0 Å². The van der Waals surface area contributed by atoms with Crippen LogP contribution in [0.4, 0.5) is 0 Å². The van der Waals surface area contributed by atoms with E-state index < -0.39 is 0 Å². The molecule has 0 fully saturated rings. The van der Waals surface area contributed by atoms with Crippen molar-refractivity contribution in [2.75, 3.05) is 6.54 Å². The Balaban J connectivity index is 0.00000169. The minimum atomic E-state index is -0.158. The van der Waals surface area contributed by atoms with E-state index in [9.17, 15) is 10.2 Å². The first-order valence-corrected chi connectivity index (χ1v) is 7.84. The molecule has 2 heterocycles. The highest BCUT2D eigenvalue weighted by atomic mass is 35.5. The van der Waals surface area contributed by atoms with Crippen LogP contribution < -0.4 is 5.32 Å². The highest BCUT2D eigenvalue weighted by Crippen LogP contribution is 2.38. The number of aromatic nitrogens is 1. The van der Waals surface area contributed by atoms with Gasteiger partial charge in [0.05, 0.1) is 11.6 Å². The fourth-order valence-electron chi connectivity index (χ4n) is 3.17. The Kier molecular flexibility index (Phi) is 4.54. The molecule has 124 valence electrons. The largest absolute Gasteiger partial charge is 0.504 e. The van der Waals surface area contributed by atoms with Crippen LogP contribution in [-0.4, -0.2) is 21.7 Å². The normalized spacial score (nSPS) is 16.5. The summed E-state index contributed by atoms with van der Waals surface area (Å²) in [6.07, 6.45) is 0.790. The maximum atomic E-state index is 9.85. The lowest BCUT2D eigenvalue weighted by atomic mass is 9.89. The van der Waals surface area contributed by atoms with E-state index in [1.807, 2.05) is 30.3 Å². The molecule has 1 aromatic heterocycles. The van der Waals surface area contributed by atoms with E-state index in [2.05, 4.69) is 10.3 Å². The van der Waals surface area contributed by atoms with Gasteiger partial charge in [-0.05, 0) is 41.8 Å². The molecule has 0 spiro atoms. The molecule has 0 bridgehead atoms. The van der Waals surface area contributed by atoms with E-state index >= 15 is 0 Å². The van der Waals surface area contributed by atoms with Gasteiger partial charge >= 0.3 is 0 Å². The van der Waals surface area contributed by atoms with Crippen LogP contribution in [0, 0.1) is 0 Å². The average molecular weight is 363 g/mol. The van der Waals surface area contributed by atoms with Crippen molar-refractivity contribution in [3.8, 4) is 11.5 Å². The molecule has 4 rings (SSSR count). The van der Waals surface area contributed by atoms with Crippen molar-refractivity contribution in [1.29, 1.82) is 0 Å². The molecule has 3 aromatic rings. The van der Waals surface area contributed by atoms with Gasteiger partial charge in [-0.3, -0.25) is 0 Å². The fourth-order valence-corrected chi connectivity index (χ4v) is 3.43. The van der Waals surface area contributed by atoms with E-state index in [0.717, 1.165) is 40.6 Å². The summed E-state index contributed by atoms with van der Waals surface area (Å²) < 4.78 is 0. The first kappa shape index (κ1) is 16.8. The van der Waals surface area contributed by atoms with E-state index in [1.165, 1.54) is 0 Å². The molecule has 0 amide bonds. The van der Waals surface area contributed by atoms with Crippen LogP contribution in [0.5, 0.6) is 11.5 Å². The van der Waals surface area contributed by atoms with Crippen molar-refractivity contribution >= 4 is 34.9 Å². The molecule has 1 unspecified atom stereocenters. The average Bonchev–Trinajstić information content (AvgIpc) is 2.55. The second-order valence-electron chi connectivity index (χ2n) is 5.74. The highest BCUT2D eigenvalue weighted by molar-refractivity contribution is 6.30. The van der Waals surface area contributed by atoms with Crippen LogP contribution in [0.15, 0.2) is 42.5 Å². The number of nitrogens with zero attached hydrogens (tertiary/aromatic N) is 1. The fraction of sp³-hybridized carbons (Fsp3) is 0.167. The van der Waals surface area contributed by atoms with E-state index in [4.69, 9.17) is 11.6 Å². The van der Waals surface area contributed by atoms with Crippen LogP contribution in [0.3, 0.4) is 0 Å². The molecule has 0 saturated carbocycles. The molecule has 1 aliphatic rings. The maximum Gasteiger partial charge on any atom is 0.157 e. The van der Waals surface area contributed by atoms with Gasteiger partial charge in [0.1, 0.15) is 5.15 Å². The number of fused-ring (bicyclic) bond motifs is 2. The second kappa shape index (κ2) is 6.48. The smallest absolute Gasteiger partial charge is 0.157 e. The third kappa shape index (κ3) is 2.77. The molecule has 0 saturated heterocycles. The van der Waals surface area contributed by atoms with Crippen LogP contribution in [0.1, 0.15) is 22.7 Å². The SMILES string of the molecule is Cl.Oc1cc2c(cc1O)C(c1cc3ccccc3nc1Cl)NCC2.